The van der Waals surface area contributed by atoms with E-state index in [1.807, 2.05) is 44.2 Å². The molecule has 7 heteroatoms. The molecule has 0 spiro atoms. The number of carbonyl (C=O) groups excluding carboxylic acids is 1. The molecule has 0 saturated heterocycles. The highest BCUT2D eigenvalue weighted by Crippen LogP contribution is 2.25. The SMILES string of the molecule is CNS(=O)(=O)c1ccc(Cl)c(C(=O)NC(c2ccccc2)C(C)C)c1. The first kappa shape index (κ1) is 19.4. The van der Waals surface area contributed by atoms with Crippen molar-refractivity contribution in [1.29, 1.82) is 0 Å². The Morgan fingerprint density at radius 1 is 1.08 bits per heavy atom. The van der Waals surface area contributed by atoms with Gasteiger partial charge >= 0.3 is 0 Å². The standard InChI is InChI=1S/C18H21ClN2O3S/c1-12(2)17(13-7-5-4-6-8-13)21-18(22)15-11-14(9-10-16(15)19)25(23,24)20-3/h4-12,17,20H,1-3H3,(H,21,22). The molecule has 25 heavy (non-hydrogen) atoms. The molecule has 1 amide bonds. The number of nitrogens with one attached hydrogen (secondary N) is 2. The molecular weight excluding hydrogens is 360 g/mol. The van der Waals surface area contributed by atoms with Gasteiger partial charge in [0.15, 0.2) is 0 Å². The highest BCUT2D eigenvalue weighted by molar-refractivity contribution is 7.89. The van der Waals surface area contributed by atoms with Crippen LogP contribution in [0, 0.1) is 5.92 Å². The molecule has 0 heterocycles. The summed E-state index contributed by atoms with van der Waals surface area (Å²) in [5.74, 6) is -0.268. The molecule has 0 radical (unpaired) electrons. The fourth-order valence-electron chi connectivity index (χ4n) is 2.48. The normalized spacial score (nSPS) is 12.8. The second-order valence-corrected chi connectivity index (χ2v) is 8.25. The summed E-state index contributed by atoms with van der Waals surface area (Å²) in [4.78, 5) is 12.7. The van der Waals surface area contributed by atoms with Crippen molar-refractivity contribution in [2.24, 2.45) is 5.92 Å². The van der Waals surface area contributed by atoms with E-state index < -0.39 is 15.9 Å². The van der Waals surface area contributed by atoms with Gasteiger partial charge in [0, 0.05) is 0 Å². The van der Waals surface area contributed by atoms with Crippen molar-refractivity contribution < 1.29 is 13.2 Å². The maximum absolute atomic E-state index is 12.7. The summed E-state index contributed by atoms with van der Waals surface area (Å²) in [6, 6.07) is 13.4. The Bertz CT molecular complexity index is 852. The summed E-state index contributed by atoms with van der Waals surface area (Å²) in [6.45, 7) is 4.00. The van der Waals surface area contributed by atoms with Gasteiger partial charge in [-0.2, -0.15) is 0 Å². The maximum Gasteiger partial charge on any atom is 0.253 e. The fourth-order valence-corrected chi connectivity index (χ4v) is 3.44. The number of amides is 1. The van der Waals surface area contributed by atoms with Crippen LogP contribution in [0.2, 0.25) is 5.02 Å². The Hall–Kier alpha value is -1.89. The molecule has 2 aromatic rings. The van der Waals surface area contributed by atoms with Crippen molar-refractivity contribution >= 4 is 27.5 Å². The van der Waals surface area contributed by atoms with Gasteiger partial charge in [-0.3, -0.25) is 4.79 Å². The fraction of sp³-hybridized carbons (Fsp3) is 0.278. The summed E-state index contributed by atoms with van der Waals surface area (Å²) in [6.07, 6.45) is 0. The third-order valence-corrected chi connectivity index (χ3v) is 5.62. The van der Waals surface area contributed by atoms with E-state index in [4.69, 9.17) is 11.6 Å². The number of rotatable bonds is 6. The van der Waals surface area contributed by atoms with Gasteiger partial charge in [0.05, 0.1) is 21.5 Å². The largest absolute Gasteiger partial charge is 0.345 e. The van der Waals surface area contributed by atoms with Crippen molar-refractivity contribution in [3.63, 3.8) is 0 Å². The molecule has 1 unspecified atom stereocenters. The van der Waals surface area contributed by atoms with Crippen LogP contribution in [-0.2, 0) is 10.0 Å². The minimum Gasteiger partial charge on any atom is -0.345 e. The van der Waals surface area contributed by atoms with Crippen LogP contribution in [0.4, 0.5) is 0 Å². The predicted molar refractivity (Wildman–Crippen MR) is 99.2 cm³/mol. The molecule has 0 aliphatic rings. The molecule has 0 saturated carbocycles. The van der Waals surface area contributed by atoms with E-state index in [-0.39, 0.29) is 27.4 Å². The number of benzene rings is 2. The van der Waals surface area contributed by atoms with Crippen molar-refractivity contribution in [2.45, 2.75) is 24.8 Å². The molecule has 0 fully saturated rings. The van der Waals surface area contributed by atoms with Gasteiger partial charge in [0.2, 0.25) is 10.0 Å². The smallest absolute Gasteiger partial charge is 0.253 e. The van der Waals surface area contributed by atoms with E-state index in [1.165, 1.54) is 25.2 Å². The summed E-state index contributed by atoms with van der Waals surface area (Å²) in [5, 5.41) is 3.15. The maximum atomic E-state index is 12.7. The molecule has 0 aliphatic carbocycles. The lowest BCUT2D eigenvalue weighted by molar-refractivity contribution is 0.0925. The molecule has 0 bridgehead atoms. The minimum atomic E-state index is -3.66. The third-order valence-electron chi connectivity index (χ3n) is 3.87. The zero-order valence-corrected chi connectivity index (χ0v) is 15.9. The van der Waals surface area contributed by atoms with Gasteiger partial charge in [0.25, 0.3) is 5.91 Å². The number of hydrogen-bond donors (Lipinski definition) is 2. The van der Waals surface area contributed by atoms with Crippen LogP contribution in [-0.4, -0.2) is 21.4 Å². The Labute approximate surface area is 153 Å². The third kappa shape index (κ3) is 4.60. The summed E-state index contributed by atoms with van der Waals surface area (Å²) >= 11 is 6.12. The van der Waals surface area contributed by atoms with Gasteiger partial charge in [-0.15, -0.1) is 0 Å². The van der Waals surface area contributed by atoms with Gasteiger partial charge in [-0.25, -0.2) is 13.1 Å². The van der Waals surface area contributed by atoms with Crippen LogP contribution < -0.4 is 10.0 Å². The first-order valence-electron chi connectivity index (χ1n) is 7.85. The second-order valence-electron chi connectivity index (χ2n) is 5.96. The zero-order chi connectivity index (χ0) is 18.6. The highest BCUT2D eigenvalue weighted by Gasteiger charge is 2.22. The van der Waals surface area contributed by atoms with Crippen molar-refractivity contribution in [1.82, 2.24) is 10.0 Å². The molecule has 0 aromatic heterocycles. The quantitative estimate of drug-likeness (QED) is 0.806. The average molecular weight is 381 g/mol. The lowest BCUT2D eigenvalue weighted by atomic mass is 9.95. The molecule has 2 aromatic carbocycles. The van der Waals surface area contributed by atoms with Crippen LogP contribution in [0.5, 0.6) is 0 Å². The molecular formula is C18H21ClN2O3S. The number of carbonyl (C=O) groups is 1. The number of sulfonamides is 1. The number of halogens is 1. The van der Waals surface area contributed by atoms with Crippen LogP contribution >= 0.6 is 11.6 Å². The summed E-state index contributed by atoms with van der Waals surface area (Å²) in [5.41, 5.74) is 1.10. The zero-order valence-electron chi connectivity index (χ0n) is 14.3. The van der Waals surface area contributed by atoms with E-state index >= 15 is 0 Å². The molecule has 2 rings (SSSR count). The molecule has 134 valence electrons. The van der Waals surface area contributed by atoms with Gasteiger partial charge in [-0.1, -0.05) is 55.8 Å². The number of hydrogen-bond acceptors (Lipinski definition) is 3. The van der Waals surface area contributed by atoms with Crippen LogP contribution in [0.3, 0.4) is 0 Å². The first-order chi connectivity index (χ1) is 11.8. The van der Waals surface area contributed by atoms with E-state index in [0.717, 1.165) is 5.56 Å². The molecule has 2 N–H and O–H groups in total. The lowest BCUT2D eigenvalue weighted by Gasteiger charge is -2.23. The van der Waals surface area contributed by atoms with Crippen LogP contribution in [0.25, 0.3) is 0 Å². The average Bonchev–Trinajstić information content (AvgIpc) is 2.60. The first-order valence-corrected chi connectivity index (χ1v) is 9.71. The predicted octanol–water partition coefficient (Wildman–Crippen LogP) is 3.38. The highest BCUT2D eigenvalue weighted by atomic mass is 35.5. The van der Waals surface area contributed by atoms with Crippen LogP contribution in [0.15, 0.2) is 53.4 Å². The summed E-state index contributed by atoms with van der Waals surface area (Å²) < 4.78 is 26.1. The topological polar surface area (TPSA) is 75.3 Å². The minimum absolute atomic E-state index is 0.00893. The van der Waals surface area contributed by atoms with Gasteiger partial charge in [-0.05, 0) is 36.7 Å². The van der Waals surface area contributed by atoms with E-state index in [2.05, 4.69) is 10.0 Å². The van der Waals surface area contributed by atoms with Crippen molar-refractivity contribution in [2.75, 3.05) is 7.05 Å². The Kier molecular flexibility index (Phi) is 6.21. The van der Waals surface area contributed by atoms with E-state index in [1.54, 1.807) is 0 Å². The monoisotopic (exact) mass is 380 g/mol. The van der Waals surface area contributed by atoms with Crippen molar-refractivity contribution in [3.8, 4) is 0 Å². The second kappa shape index (κ2) is 7.99. The lowest BCUT2D eigenvalue weighted by Crippen LogP contribution is -2.32. The Morgan fingerprint density at radius 2 is 1.72 bits per heavy atom. The summed E-state index contributed by atoms with van der Waals surface area (Å²) in [7, 11) is -2.34. The molecule has 5 nitrogen and oxygen atoms in total. The molecule has 1 atom stereocenters. The molecule has 0 aliphatic heterocycles. The van der Waals surface area contributed by atoms with E-state index in [0.29, 0.717) is 0 Å². The van der Waals surface area contributed by atoms with Crippen molar-refractivity contribution in [3.05, 3.63) is 64.7 Å². The van der Waals surface area contributed by atoms with Gasteiger partial charge in [0.1, 0.15) is 0 Å². The Balaban J connectivity index is 2.35. The van der Waals surface area contributed by atoms with Crippen LogP contribution in [0.1, 0.15) is 35.8 Å². The van der Waals surface area contributed by atoms with E-state index in [9.17, 15) is 13.2 Å². The Morgan fingerprint density at radius 3 is 2.28 bits per heavy atom. The van der Waals surface area contributed by atoms with Gasteiger partial charge < -0.3 is 5.32 Å².